The molecule has 0 saturated heterocycles. The summed E-state index contributed by atoms with van der Waals surface area (Å²) in [5.74, 6) is -1.56. The molecule has 0 aromatic heterocycles. The Kier molecular flexibility index (Phi) is 4.35. The molecule has 1 atom stereocenters. The fourth-order valence-electron chi connectivity index (χ4n) is 2.60. The molecule has 0 radical (unpaired) electrons. The number of hydrogen-bond donors (Lipinski definition) is 2. The van der Waals surface area contributed by atoms with E-state index in [2.05, 4.69) is 10.6 Å². The van der Waals surface area contributed by atoms with Gasteiger partial charge >= 0.3 is 0 Å². The molecule has 25 heavy (non-hydrogen) atoms. The van der Waals surface area contributed by atoms with E-state index in [-0.39, 0.29) is 17.9 Å². The Hall–Kier alpha value is -3.40. The SMILES string of the molecule is Cc1ccc(F)c2c1OCC(=O)NC2C(=O)Nc1ccc(C#N)cc1. The van der Waals surface area contributed by atoms with E-state index in [4.69, 9.17) is 10.00 Å². The highest BCUT2D eigenvalue weighted by molar-refractivity contribution is 5.99. The Morgan fingerprint density at radius 1 is 1.32 bits per heavy atom. The molecule has 2 aromatic carbocycles. The van der Waals surface area contributed by atoms with Gasteiger partial charge in [0, 0.05) is 5.69 Å². The minimum absolute atomic E-state index is 0.00278. The van der Waals surface area contributed by atoms with Crippen molar-refractivity contribution in [2.45, 2.75) is 13.0 Å². The molecule has 1 heterocycles. The molecule has 1 aliphatic rings. The number of benzene rings is 2. The number of halogens is 1. The minimum Gasteiger partial charge on any atom is -0.483 e. The average Bonchev–Trinajstić information content (AvgIpc) is 2.79. The normalized spacial score (nSPS) is 15.9. The first-order valence-electron chi connectivity index (χ1n) is 7.52. The monoisotopic (exact) mass is 339 g/mol. The van der Waals surface area contributed by atoms with Crippen LogP contribution in [-0.4, -0.2) is 18.4 Å². The van der Waals surface area contributed by atoms with Crippen LogP contribution in [0, 0.1) is 24.1 Å². The zero-order valence-corrected chi connectivity index (χ0v) is 13.3. The van der Waals surface area contributed by atoms with Crippen LogP contribution in [0.4, 0.5) is 10.1 Å². The fraction of sp³-hybridized carbons (Fsp3) is 0.167. The first-order chi connectivity index (χ1) is 12.0. The molecular weight excluding hydrogens is 325 g/mol. The standard InChI is InChI=1S/C18H14FN3O3/c1-10-2-7-13(19)15-16(22-14(23)9-25-17(10)15)18(24)21-12-5-3-11(8-20)4-6-12/h2-7,16H,9H2,1H3,(H,21,24)(H,22,23). The van der Waals surface area contributed by atoms with Crippen LogP contribution in [0.2, 0.25) is 0 Å². The van der Waals surface area contributed by atoms with E-state index in [1.165, 1.54) is 12.1 Å². The lowest BCUT2D eigenvalue weighted by Crippen LogP contribution is -2.37. The largest absolute Gasteiger partial charge is 0.483 e. The van der Waals surface area contributed by atoms with Crippen molar-refractivity contribution in [3.05, 3.63) is 58.9 Å². The van der Waals surface area contributed by atoms with Crippen LogP contribution < -0.4 is 15.4 Å². The van der Waals surface area contributed by atoms with Gasteiger partial charge in [0.15, 0.2) is 6.61 Å². The summed E-state index contributed by atoms with van der Waals surface area (Å²) in [7, 11) is 0. The summed E-state index contributed by atoms with van der Waals surface area (Å²) in [6.45, 7) is 1.42. The predicted octanol–water partition coefficient (Wildman–Crippen LogP) is 2.19. The smallest absolute Gasteiger partial charge is 0.258 e. The summed E-state index contributed by atoms with van der Waals surface area (Å²) < 4.78 is 19.7. The van der Waals surface area contributed by atoms with Crippen molar-refractivity contribution >= 4 is 17.5 Å². The molecule has 1 aliphatic heterocycles. The molecule has 0 saturated carbocycles. The van der Waals surface area contributed by atoms with Crippen molar-refractivity contribution in [2.75, 3.05) is 11.9 Å². The van der Waals surface area contributed by atoms with Crippen molar-refractivity contribution in [3.63, 3.8) is 0 Å². The first kappa shape index (κ1) is 16.5. The number of fused-ring (bicyclic) bond motifs is 1. The van der Waals surface area contributed by atoms with E-state index in [1.54, 1.807) is 31.2 Å². The third kappa shape index (κ3) is 3.28. The minimum atomic E-state index is -1.22. The van der Waals surface area contributed by atoms with E-state index < -0.39 is 23.7 Å². The summed E-state index contributed by atoms with van der Waals surface area (Å²) in [6.07, 6.45) is 0. The molecule has 2 N–H and O–H groups in total. The van der Waals surface area contributed by atoms with E-state index in [0.717, 1.165) is 0 Å². The van der Waals surface area contributed by atoms with E-state index >= 15 is 0 Å². The van der Waals surface area contributed by atoms with Gasteiger partial charge in [-0.2, -0.15) is 5.26 Å². The second-order valence-electron chi connectivity index (χ2n) is 5.57. The van der Waals surface area contributed by atoms with Gasteiger partial charge in [-0.25, -0.2) is 4.39 Å². The topological polar surface area (TPSA) is 91.2 Å². The number of aryl methyl sites for hydroxylation is 1. The van der Waals surface area contributed by atoms with E-state index in [1.807, 2.05) is 6.07 Å². The van der Waals surface area contributed by atoms with Crippen molar-refractivity contribution in [1.82, 2.24) is 5.32 Å². The van der Waals surface area contributed by atoms with Crippen molar-refractivity contribution < 1.29 is 18.7 Å². The Morgan fingerprint density at radius 2 is 2.04 bits per heavy atom. The molecule has 3 rings (SSSR count). The van der Waals surface area contributed by atoms with Crippen LogP contribution in [-0.2, 0) is 9.59 Å². The highest BCUT2D eigenvalue weighted by atomic mass is 19.1. The van der Waals surface area contributed by atoms with Crippen LogP contribution in [0.5, 0.6) is 5.75 Å². The van der Waals surface area contributed by atoms with Crippen LogP contribution in [0.3, 0.4) is 0 Å². The van der Waals surface area contributed by atoms with Gasteiger partial charge in [0.1, 0.15) is 17.6 Å². The van der Waals surface area contributed by atoms with Crippen molar-refractivity contribution in [1.29, 1.82) is 5.26 Å². The molecule has 2 aromatic rings. The zero-order chi connectivity index (χ0) is 18.0. The molecule has 0 fully saturated rings. The van der Waals surface area contributed by atoms with Crippen LogP contribution >= 0.6 is 0 Å². The highest BCUT2D eigenvalue weighted by Crippen LogP contribution is 2.33. The second kappa shape index (κ2) is 6.61. The number of ether oxygens (including phenoxy) is 1. The number of carbonyl (C=O) groups is 2. The molecule has 2 amide bonds. The van der Waals surface area contributed by atoms with Gasteiger partial charge in [-0.05, 0) is 42.8 Å². The maximum Gasteiger partial charge on any atom is 0.258 e. The van der Waals surface area contributed by atoms with Gasteiger partial charge in [-0.15, -0.1) is 0 Å². The summed E-state index contributed by atoms with van der Waals surface area (Å²) in [6, 6.07) is 9.71. The molecule has 126 valence electrons. The molecule has 0 bridgehead atoms. The van der Waals surface area contributed by atoms with Gasteiger partial charge in [0.2, 0.25) is 0 Å². The molecule has 6 nitrogen and oxygen atoms in total. The Balaban J connectivity index is 1.94. The molecule has 7 heteroatoms. The number of rotatable bonds is 2. The molecule has 1 unspecified atom stereocenters. The maximum atomic E-state index is 14.4. The molecule has 0 aliphatic carbocycles. The number of nitrogens with zero attached hydrogens (tertiary/aromatic N) is 1. The van der Waals surface area contributed by atoms with Gasteiger partial charge in [-0.1, -0.05) is 6.07 Å². The maximum absolute atomic E-state index is 14.4. The fourth-order valence-corrected chi connectivity index (χ4v) is 2.60. The number of anilines is 1. The number of amides is 2. The highest BCUT2D eigenvalue weighted by Gasteiger charge is 2.32. The van der Waals surface area contributed by atoms with Gasteiger partial charge in [-0.3, -0.25) is 9.59 Å². The molecule has 0 spiro atoms. The summed E-state index contributed by atoms with van der Waals surface area (Å²) in [5, 5.41) is 13.9. The summed E-state index contributed by atoms with van der Waals surface area (Å²) >= 11 is 0. The zero-order valence-electron chi connectivity index (χ0n) is 13.3. The lowest BCUT2D eigenvalue weighted by Gasteiger charge is -2.19. The van der Waals surface area contributed by atoms with Crippen molar-refractivity contribution in [3.8, 4) is 11.8 Å². The predicted molar refractivity (Wildman–Crippen MR) is 87.3 cm³/mol. The number of nitriles is 1. The summed E-state index contributed by atoms with van der Waals surface area (Å²) in [5.41, 5.74) is 1.50. The van der Waals surface area contributed by atoms with Gasteiger partial charge < -0.3 is 15.4 Å². The Labute approximate surface area is 143 Å². The molecular formula is C18H14FN3O3. The van der Waals surface area contributed by atoms with Crippen LogP contribution in [0.15, 0.2) is 36.4 Å². The first-order valence-corrected chi connectivity index (χ1v) is 7.52. The summed E-state index contributed by atoms with van der Waals surface area (Å²) in [4.78, 5) is 24.5. The average molecular weight is 339 g/mol. The van der Waals surface area contributed by atoms with Gasteiger partial charge in [0.05, 0.1) is 17.2 Å². The van der Waals surface area contributed by atoms with Crippen LogP contribution in [0.25, 0.3) is 0 Å². The second-order valence-corrected chi connectivity index (χ2v) is 5.57. The lowest BCUT2D eigenvalue weighted by molar-refractivity contribution is -0.127. The third-order valence-corrected chi connectivity index (χ3v) is 3.83. The van der Waals surface area contributed by atoms with Crippen LogP contribution in [0.1, 0.15) is 22.7 Å². The number of carbonyl (C=O) groups excluding carboxylic acids is 2. The van der Waals surface area contributed by atoms with E-state index in [0.29, 0.717) is 16.8 Å². The number of hydrogen-bond acceptors (Lipinski definition) is 4. The van der Waals surface area contributed by atoms with E-state index in [9.17, 15) is 14.0 Å². The Bertz CT molecular complexity index is 888. The lowest BCUT2D eigenvalue weighted by atomic mass is 10.0. The number of nitrogens with one attached hydrogen (secondary N) is 2. The van der Waals surface area contributed by atoms with Gasteiger partial charge in [0.25, 0.3) is 11.8 Å². The third-order valence-electron chi connectivity index (χ3n) is 3.83. The quantitative estimate of drug-likeness (QED) is 0.877. The van der Waals surface area contributed by atoms with Crippen molar-refractivity contribution in [2.24, 2.45) is 0 Å². The Morgan fingerprint density at radius 3 is 2.72 bits per heavy atom.